The Morgan fingerprint density at radius 1 is 1.12 bits per heavy atom. The quantitative estimate of drug-likeness (QED) is 0.327. The second-order valence-electron chi connectivity index (χ2n) is 8.26. The number of amides is 1. The number of nitrogens with zero attached hydrogens (tertiary/aromatic N) is 3. The third kappa shape index (κ3) is 5.24. The predicted molar refractivity (Wildman–Crippen MR) is 132 cm³/mol. The van der Waals surface area contributed by atoms with Crippen LogP contribution in [0, 0.1) is 6.92 Å². The summed E-state index contributed by atoms with van der Waals surface area (Å²) in [6.45, 7) is 7.69. The lowest BCUT2D eigenvalue weighted by atomic mass is 10.0. The summed E-state index contributed by atoms with van der Waals surface area (Å²) < 4.78 is 7.55. The number of benzene rings is 2. The standard InChI is InChI=1S/C26H27ClN4O2/c1-17(2)20-9-11-21(12-10-20)29-26(32)22-15-28-25-23(24(22)27)18(3)30-31(25)13-14-33-16-19-7-5-4-6-8-19/h4-12,15,17H,13-14,16H2,1-3H3,(H,29,32). The Labute approximate surface area is 198 Å². The first-order chi connectivity index (χ1) is 15.9. The number of pyridine rings is 1. The molecule has 0 saturated carbocycles. The second-order valence-corrected chi connectivity index (χ2v) is 8.64. The number of hydrogen-bond acceptors (Lipinski definition) is 4. The molecular weight excluding hydrogens is 436 g/mol. The zero-order valence-corrected chi connectivity index (χ0v) is 19.8. The Kier molecular flexibility index (Phi) is 7.06. The van der Waals surface area contributed by atoms with Crippen LogP contribution >= 0.6 is 11.6 Å². The fourth-order valence-electron chi connectivity index (χ4n) is 3.65. The number of nitrogens with one attached hydrogen (secondary N) is 1. The molecule has 33 heavy (non-hydrogen) atoms. The Hall–Kier alpha value is -3.22. The molecule has 0 aliphatic carbocycles. The van der Waals surface area contributed by atoms with Gasteiger partial charge in [0, 0.05) is 11.9 Å². The van der Waals surface area contributed by atoms with E-state index in [-0.39, 0.29) is 5.91 Å². The van der Waals surface area contributed by atoms with Gasteiger partial charge in [-0.2, -0.15) is 5.10 Å². The molecule has 0 bridgehead atoms. The third-order valence-corrected chi connectivity index (χ3v) is 5.90. The molecule has 6 nitrogen and oxygen atoms in total. The van der Waals surface area contributed by atoms with Crippen molar-refractivity contribution >= 4 is 34.2 Å². The predicted octanol–water partition coefficient (Wildman–Crippen LogP) is 5.99. The van der Waals surface area contributed by atoms with Crippen molar-refractivity contribution in [2.45, 2.75) is 39.8 Å². The van der Waals surface area contributed by atoms with Crippen molar-refractivity contribution in [1.29, 1.82) is 0 Å². The molecule has 2 heterocycles. The van der Waals surface area contributed by atoms with E-state index in [2.05, 4.69) is 29.2 Å². The molecule has 1 N–H and O–H groups in total. The first kappa shape index (κ1) is 23.0. The molecule has 0 atom stereocenters. The number of ether oxygens (including phenoxy) is 1. The van der Waals surface area contributed by atoms with Crippen molar-refractivity contribution in [3.05, 3.63) is 88.2 Å². The van der Waals surface area contributed by atoms with E-state index >= 15 is 0 Å². The van der Waals surface area contributed by atoms with Crippen LogP contribution in [0.3, 0.4) is 0 Å². The average molecular weight is 463 g/mol. The van der Waals surface area contributed by atoms with Crippen LogP contribution in [0.4, 0.5) is 5.69 Å². The number of rotatable bonds is 8. The first-order valence-electron chi connectivity index (χ1n) is 11.0. The van der Waals surface area contributed by atoms with Gasteiger partial charge in [0.2, 0.25) is 0 Å². The minimum atomic E-state index is -0.301. The minimum Gasteiger partial charge on any atom is -0.375 e. The number of aryl methyl sites for hydroxylation is 1. The molecule has 0 spiro atoms. The second kappa shape index (κ2) is 10.1. The molecule has 0 fully saturated rings. The van der Waals surface area contributed by atoms with E-state index in [4.69, 9.17) is 16.3 Å². The number of aromatic nitrogens is 3. The van der Waals surface area contributed by atoms with E-state index in [1.54, 1.807) is 4.68 Å². The van der Waals surface area contributed by atoms with Gasteiger partial charge in [0.05, 0.1) is 41.4 Å². The molecule has 1 amide bonds. The van der Waals surface area contributed by atoms with Crippen LogP contribution in [-0.4, -0.2) is 27.3 Å². The van der Waals surface area contributed by atoms with E-state index in [1.807, 2.05) is 61.5 Å². The number of carbonyl (C=O) groups excluding carboxylic acids is 1. The highest BCUT2D eigenvalue weighted by Crippen LogP contribution is 2.29. The molecule has 0 radical (unpaired) electrons. The van der Waals surface area contributed by atoms with E-state index in [9.17, 15) is 4.79 Å². The van der Waals surface area contributed by atoms with Gasteiger partial charge in [0.1, 0.15) is 0 Å². The molecule has 0 aliphatic rings. The van der Waals surface area contributed by atoms with Gasteiger partial charge in [-0.3, -0.25) is 4.79 Å². The summed E-state index contributed by atoms with van der Waals surface area (Å²) in [7, 11) is 0. The molecule has 0 saturated heterocycles. The van der Waals surface area contributed by atoms with Crippen LogP contribution in [0.1, 0.15) is 46.9 Å². The third-order valence-electron chi connectivity index (χ3n) is 5.51. The Bertz CT molecular complexity index is 1250. The lowest BCUT2D eigenvalue weighted by molar-refractivity contribution is 0.102. The zero-order valence-electron chi connectivity index (χ0n) is 19.0. The van der Waals surface area contributed by atoms with Crippen LogP contribution in [-0.2, 0) is 17.9 Å². The Morgan fingerprint density at radius 2 is 1.85 bits per heavy atom. The first-order valence-corrected chi connectivity index (χ1v) is 11.4. The van der Waals surface area contributed by atoms with Gasteiger partial charge < -0.3 is 10.1 Å². The highest BCUT2D eigenvalue weighted by Gasteiger charge is 2.19. The van der Waals surface area contributed by atoms with Crippen molar-refractivity contribution in [2.24, 2.45) is 0 Å². The maximum atomic E-state index is 12.9. The van der Waals surface area contributed by atoms with Crippen molar-refractivity contribution in [2.75, 3.05) is 11.9 Å². The number of anilines is 1. The van der Waals surface area contributed by atoms with Crippen LogP contribution in [0.25, 0.3) is 11.0 Å². The number of halogens is 1. The summed E-state index contributed by atoms with van der Waals surface area (Å²) in [6, 6.07) is 17.8. The molecule has 2 aromatic heterocycles. The largest absolute Gasteiger partial charge is 0.375 e. The smallest absolute Gasteiger partial charge is 0.258 e. The molecule has 2 aromatic carbocycles. The lowest BCUT2D eigenvalue weighted by Gasteiger charge is -2.10. The Morgan fingerprint density at radius 3 is 2.55 bits per heavy atom. The van der Waals surface area contributed by atoms with Gasteiger partial charge in [-0.1, -0.05) is 67.9 Å². The summed E-state index contributed by atoms with van der Waals surface area (Å²) >= 11 is 6.64. The monoisotopic (exact) mass is 462 g/mol. The van der Waals surface area contributed by atoms with Crippen LogP contribution in [0.2, 0.25) is 5.02 Å². The fraction of sp³-hybridized carbons (Fsp3) is 0.269. The van der Waals surface area contributed by atoms with Gasteiger partial charge in [-0.05, 0) is 36.1 Å². The molecular formula is C26H27ClN4O2. The van der Waals surface area contributed by atoms with Crippen molar-refractivity contribution in [1.82, 2.24) is 14.8 Å². The average Bonchev–Trinajstić information content (AvgIpc) is 3.14. The van der Waals surface area contributed by atoms with Gasteiger partial charge in [-0.15, -0.1) is 0 Å². The van der Waals surface area contributed by atoms with Crippen LogP contribution in [0.15, 0.2) is 60.8 Å². The van der Waals surface area contributed by atoms with Crippen molar-refractivity contribution in [3.63, 3.8) is 0 Å². The lowest BCUT2D eigenvalue weighted by Crippen LogP contribution is -2.13. The van der Waals surface area contributed by atoms with E-state index in [1.165, 1.54) is 11.8 Å². The zero-order chi connectivity index (χ0) is 23.4. The highest BCUT2D eigenvalue weighted by molar-refractivity contribution is 6.39. The molecule has 4 rings (SSSR count). The summed E-state index contributed by atoms with van der Waals surface area (Å²) in [5.74, 6) is 0.129. The molecule has 0 aliphatic heterocycles. The van der Waals surface area contributed by atoms with Crippen LogP contribution < -0.4 is 5.32 Å². The van der Waals surface area contributed by atoms with Gasteiger partial charge in [0.15, 0.2) is 5.65 Å². The van der Waals surface area contributed by atoms with E-state index in [0.717, 1.165) is 11.3 Å². The SMILES string of the molecule is Cc1nn(CCOCc2ccccc2)c2ncc(C(=O)Nc3ccc(C(C)C)cc3)c(Cl)c12. The van der Waals surface area contributed by atoms with Crippen molar-refractivity contribution < 1.29 is 9.53 Å². The summed E-state index contributed by atoms with van der Waals surface area (Å²) in [5.41, 5.74) is 4.73. The Balaban J connectivity index is 1.46. The summed E-state index contributed by atoms with van der Waals surface area (Å²) in [4.78, 5) is 17.4. The maximum Gasteiger partial charge on any atom is 0.258 e. The van der Waals surface area contributed by atoms with Gasteiger partial charge >= 0.3 is 0 Å². The number of fused-ring (bicyclic) bond motifs is 1. The topological polar surface area (TPSA) is 69.0 Å². The molecule has 170 valence electrons. The van der Waals surface area contributed by atoms with Crippen molar-refractivity contribution in [3.8, 4) is 0 Å². The molecule has 4 aromatic rings. The minimum absolute atomic E-state index is 0.301. The van der Waals surface area contributed by atoms with Gasteiger partial charge in [0.25, 0.3) is 5.91 Å². The molecule has 7 heteroatoms. The van der Waals surface area contributed by atoms with Gasteiger partial charge in [-0.25, -0.2) is 9.67 Å². The molecule has 0 unspecified atom stereocenters. The van der Waals surface area contributed by atoms with E-state index in [0.29, 0.717) is 53.0 Å². The number of carbonyl (C=O) groups is 1. The summed E-state index contributed by atoms with van der Waals surface area (Å²) in [5, 5.41) is 8.50. The number of hydrogen-bond donors (Lipinski definition) is 1. The normalized spacial score (nSPS) is 11.3. The maximum absolute atomic E-state index is 12.9. The highest BCUT2D eigenvalue weighted by atomic mass is 35.5. The van der Waals surface area contributed by atoms with E-state index < -0.39 is 0 Å². The van der Waals surface area contributed by atoms with Crippen LogP contribution in [0.5, 0.6) is 0 Å². The summed E-state index contributed by atoms with van der Waals surface area (Å²) in [6.07, 6.45) is 1.50. The fourth-order valence-corrected chi connectivity index (χ4v) is 4.01.